The summed E-state index contributed by atoms with van der Waals surface area (Å²) in [7, 11) is 0. The van der Waals surface area contributed by atoms with E-state index in [1.54, 1.807) is 0 Å². The summed E-state index contributed by atoms with van der Waals surface area (Å²) in [6.45, 7) is 13.1. The van der Waals surface area contributed by atoms with Crippen LogP contribution in [0.5, 0.6) is 0 Å². The van der Waals surface area contributed by atoms with Crippen molar-refractivity contribution < 1.29 is 15.6 Å². The fourth-order valence-corrected chi connectivity index (χ4v) is 2.86. The van der Waals surface area contributed by atoms with E-state index in [4.69, 9.17) is 0 Å². The predicted molar refractivity (Wildman–Crippen MR) is 63.2 cm³/mol. The zero-order valence-corrected chi connectivity index (χ0v) is 12.2. The van der Waals surface area contributed by atoms with Crippen molar-refractivity contribution in [1.82, 2.24) is 9.13 Å². The van der Waals surface area contributed by atoms with E-state index in [0.29, 0.717) is 12.1 Å². The largest absolute Gasteiger partial charge is 0.147 e. The van der Waals surface area contributed by atoms with Crippen molar-refractivity contribution in [2.24, 2.45) is 0 Å². The van der Waals surface area contributed by atoms with Crippen LogP contribution < -0.4 is 0 Å². The molecule has 15 heavy (non-hydrogen) atoms. The molecule has 0 fully saturated rings. The van der Waals surface area contributed by atoms with Gasteiger partial charge < -0.3 is 0 Å². The molecule has 0 unspecified atom stereocenters. The van der Waals surface area contributed by atoms with Crippen LogP contribution >= 0.6 is 12.4 Å². The van der Waals surface area contributed by atoms with Crippen molar-refractivity contribution >= 4 is 12.4 Å². The Morgan fingerprint density at radius 1 is 0.867 bits per heavy atom. The van der Waals surface area contributed by atoms with Crippen LogP contribution in [0.4, 0.5) is 0 Å². The molecule has 0 aliphatic carbocycles. The minimum Gasteiger partial charge on any atom is -0.147 e. The second-order valence-electron chi connectivity index (χ2n) is 4.36. The van der Waals surface area contributed by atoms with E-state index in [9.17, 15) is 0 Å². The summed E-state index contributed by atoms with van der Waals surface area (Å²) < 4.78 is 5.72. The smallest absolute Gasteiger partial charge is 0.147 e. The summed E-state index contributed by atoms with van der Waals surface area (Å²) in [6, 6.07) is 0.974. The molecule has 0 bridgehead atoms. The van der Waals surface area contributed by atoms with Crippen molar-refractivity contribution in [3.63, 3.8) is 0 Å². The summed E-state index contributed by atoms with van der Waals surface area (Å²) in [4.78, 5) is 0. The van der Waals surface area contributed by atoms with E-state index < -0.39 is 0 Å². The van der Waals surface area contributed by atoms with Crippen molar-refractivity contribution in [2.45, 2.75) is 53.6 Å². The van der Waals surface area contributed by atoms with E-state index in [1.165, 1.54) is 11.4 Å². The summed E-state index contributed by atoms with van der Waals surface area (Å²) >= 11 is 4.17. The Bertz CT molecular complexity index is 354. The predicted octanol–water partition coefficient (Wildman–Crippen LogP) is 3.57. The summed E-state index contributed by atoms with van der Waals surface area (Å²) in [5.74, 6) is 0. The molecule has 0 aromatic carbocycles. The molecule has 90 valence electrons. The number of aromatic nitrogens is 2. The topological polar surface area (TPSA) is 9.86 Å². The van der Waals surface area contributed by atoms with Gasteiger partial charge in [-0.25, -0.2) is 0 Å². The Kier molecular flexibility index (Phi) is 5.39. The average molecular weight is 273 g/mol. The molecule has 2 nitrogen and oxygen atoms in total. The molecule has 1 aromatic rings. The van der Waals surface area contributed by atoms with Crippen molar-refractivity contribution in [2.75, 3.05) is 0 Å². The molecule has 0 aliphatic heterocycles. The van der Waals surface area contributed by atoms with Crippen LogP contribution in [0.3, 0.4) is 0 Å². The van der Waals surface area contributed by atoms with E-state index in [2.05, 4.69) is 66.3 Å². The van der Waals surface area contributed by atoms with Gasteiger partial charge in [-0.3, -0.25) is 0 Å². The van der Waals surface area contributed by atoms with Crippen molar-refractivity contribution in [3.8, 4) is 0 Å². The first-order valence-electron chi connectivity index (χ1n) is 5.15. The summed E-state index contributed by atoms with van der Waals surface area (Å²) in [5, 5.41) is 0. The Balaban J connectivity index is 0.00000196. The Labute approximate surface area is 106 Å². The second-order valence-corrected chi connectivity index (χ2v) is 4.85. The first-order chi connectivity index (χ1) is 6.37. The fraction of sp³-hybridized carbons (Fsp3) is 0.727. The van der Waals surface area contributed by atoms with Gasteiger partial charge in [0.1, 0.15) is 0 Å². The van der Waals surface area contributed by atoms with Gasteiger partial charge in [-0.1, -0.05) is 0 Å². The first-order valence-corrected chi connectivity index (χ1v) is 5.70. The molecule has 0 atom stereocenters. The SMILES string of the molecule is Cc1c(C)n(C(C)C)[c](=[Fe])n1C(C)C.Cl. The van der Waals surface area contributed by atoms with Gasteiger partial charge in [0.2, 0.25) is 0 Å². The van der Waals surface area contributed by atoms with E-state index >= 15 is 0 Å². The summed E-state index contributed by atoms with van der Waals surface area (Å²) in [6.07, 6.45) is 0. The van der Waals surface area contributed by atoms with Gasteiger partial charge in [0, 0.05) is 0 Å². The Morgan fingerprint density at radius 3 is 1.27 bits per heavy atom. The van der Waals surface area contributed by atoms with E-state index in [1.807, 2.05) is 0 Å². The number of rotatable bonds is 2. The van der Waals surface area contributed by atoms with Gasteiger partial charge in [-0.05, 0) is 0 Å². The third kappa shape index (κ3) is 2.58. The summed E-state index contributed by atoms with van der Waals surface area (Å²) in [5.41, 5.74) is 2.66. The van der Waals surface area contributed by atoms with Crippen LogP contribution in [0.1, 0.15) is 51.2 Å². The fourth-order valence-electron chi connectivity index (χ4n) is 1.92. The molecule has 0 spiro atoms. The normalized spacial score (nSPS) is 11.0. The molecule has 0 radical (unpaired) electrons. The second kappa shape index (κ2) is 5.38. The van der Waals surface area contributed by atoms with Crippen LogP contribution in [-0.4, -0.2) is 9.13 Å². The maximum Gasteiger partial charge on any atom is -0.147 e. The van der Waals surface area contributed by atoms with Crippen molar-refractivity contribution in [1.29, 1.82) is 0 Å². The minimum atomic E-state index is 0. The van der Waals surface area contributed by atoms with Gasteiger partial charge >= 0.3 is 94.0 Å². The monoisotopic (exact) mass is 272 g/mol. The Morgan fingerprint density at radius 2 is 1.13 bits per heavy atom. The Hall–Kier alpha value is 0.0195. The molecule has 1 heterocycles. The number of imidazole rings is 1. The quantitative estimate of drug-likeness (QED) is 0.729. The van der Waals surface area contributed by atoms with E-state index in [0.717, 1.165) is 4.32 Å². The molecule has 4 heteroatoms. The zero-order valence-electron chi connectivity index (χ0n) is 10.3. The standard InChI is InChI=1S/C11H20N2.ClH.Fe/c1-8(2)12-7-13(9(3)4)11(6)10(12)5;;/h8-9H,1-6H3;1H;. The van der Waals surface area contributed by atoms with Crippen LogP contribution in [0.15, 0.2) is 0 Å². The number of nitrogens with zero attached hydrogens (tertiary/aromatic N) is 2. The third-order valence-electron chi connectivity index (χ3n) is 2.66. The van der Waals surface area contributed by atoms with Gasteiger partial charge in [0.15, 0.2) is 0 Å². The number of hydrogen-bond donors (Lipinski definition) is 0. The average Bonchev–Trinajstić information content (AvgIpc) is 2.23. The van der Waals surface area contributed by atoms with E-state index in [-0.39, 0.29) is 12.4 Å². The van der Waals surface area contributed by atoms with Gasteiger partial charge in [0.25, 0.3) is 0 Å². The molecule has 0 aliphatic rings. The van der Waals surface area contributed by atoms with Crippen LogP contribution in [0.25, 0.3) is 0 Å². The third-order valence-corrected chi connectivity index (χ3v) is 3.20. The van der Waals surface area contributed by atoms with Gasteiger partial charge in [0.05, 0.1) is 0 Å². The van der Waals surface area contributed by atoms with Crippen LogP contribution in [-0.2, 0) is 15.6 Å². The minimum absolute atomic E-state index is 0. The molecule has 0 saturated heterocycles. The van der Waals surface area contributed by atoms with Crippen LogP contribution in [0, 0.1) is 18.2 Å². The molecule has 0 saturated carbocycles. The zero-order chi connectivity index (χ0) is 11.0. The molecule has 0 amide bonds. The maximum atomic E-state index is 4.17. The van der Waals surface area contributed by atoms with Crippen LogP contribution in [0.2, 0.25) is 0 Å². The first kappa shape index (κ1) is 15.0. The molecule has 0 N–H and O–H groups in total. The van der Waals surface area contributed by atoms with Crippen molar-refractivity contribution in [3.05, 3.63) is 15.7 Å². The van der Waals surface area contributed by atoms with Gasteiger partial charge in [-0.15, -0.1) is 12.4 Å². The van der Waals surface area contributed by atoms with Gasteiger partial charge in [-0.2, -0.15) is 0 Å². The molecule has 1 aromatic heterocycles. The molecular weight excluding hydrogens is 251 g/mol. The maximum absolute atomic E-state index is 4.17. The molecular formula is C11H21ClFeN2. The number of hydrogen-bond acceptors (Lipinski definition) is 0. The number of halogens is 1. The molecule has 1 rings (SSSR count).